The van der Waals surface area contributed by atoms with E-state index in [9.17, 15) is 4.39 Å². The van der Waals surface area contributed by atoms with Gasteiger partial charge in [0.25, 0.3) is 0 Å². The van der Waals surface area contributed by atoms with E-state index in [4.69, 9.17) is 5.73 Å². The molecule has 1 aromatic carbocycles. The van der Waals surface area contributed by atoms with Gasteiger partial charge in [-0.1, -0.05) is 0 Å². The molecule has 0 saturated carbocycles. The predicted molar refractivity (Wildman–Crippen MR) is 51.6 cm³/mol. The third kappa shape index (κ3) is 1.25. The molecule has 0 aliphatic heterocycles. The molecule has 1 aromatic heterocycles. The summed E-state index contributed by atoms with van der Waals surface area (Å²) in [6.45, 7) is 0. The second kappa shape index (κ2) is 2.92. The second-order valence-electron chi connectivity index (χ2n) is 2.51. The Morgan fingerprint density at radius 1 is 1.31 bits per heavy atom. The number of nitrogen functional groups attached to an aromatic ring is 1. The number of nitrogens with two attached hydrogens (primary N) is 1. The van der Waals surface area contributed by atoms with Gasteiger partial charge in [0, 0.05) is 4.47 Å². The average Bonchev–Trinajstić information content (AvgIpc) is 2.12. The summed E-state index contributed by atoms with van der Waals surface area (Å²) in [5.74, 6) is -0.250. The minimum Gasteiger partial charge on any atom is -0.383 e. The Bertz CT molecular complexity index is 464. The van der Waals surface area contributed by atoms with Crippen LogP contribution in [0.15, 0.2) is 22.9 Å². The maximum atomic E-state index is 13.2. The van der Waals surface area contributed by atoms with Crippen LogP contribution in [0.5, 0.6) is 0 Å². The van der Waals surface area contributed by atoms with Gasteiger partial charge in [0.2, 0.25) is 0 Å². The topological polar surface area (TPSA) is 51.8 Å². The molecule has 0 aliphatic carbocycles. The van der Waals surface area contributed by atoms with Crippen LogP contribution in [0.1, 0.15) is 0 Å². The molecule has 0 saturated heterocycles. The first-order valence-electron chi connectivity index (χ1n) is 3.54. The molecule has 0 bridgehead atoms. The fraction of sp³-hybridized carbons (Fsp3) is 0. The summed E-state index contributed by atoms with van der Waals surface area (Å²) in [6.07, 6.45) is 1.31. The Labute approximate surface area is 81.9 Å². The third-order valence-electron chi connectivity index (χ3n) is 1.72. The zero-order valence-electron chi connectivity index (χ0n) is 6.46. The number of fused-ring (bicyclic) bond motifs is 1. The Kier molecular flexibility index (Phi) is 1.88. The minimum atomic E-state index is -0.406. The predicted octanol–water partition coefficient (Wildman–Crippen LogP) is 2.11. The van der Waals surface area contributed by atoms with Crippen LogP contribution in [-0.4, -0.2) is 9.97 Å². The Balaban J connectivity index is 3.00. The van der Waals surface area contributed by atoms with E-state index in [-0.39, 0.29) is 11.2 Å². The number of nitrogens with zero attached hydrogens (tertiary/aromatic N) is 2. The third-order valence-corrected chi connectivity index (χ3v) is 2.36. The first kappa shape index (κ1) is 8.37. The normalized spacial score (nSPS) is 10.6. The lowest BCUT2D eigenvalue weighted by molar-refractivity contribution is 0.639. The van der Waals surface area contributed by atoms with E-state index in [2.05, 4.69) is 25.9 Å². The number of hydrogen-bond donors (Lipinski definition) is 1. The van der Waals surface area contributed by atoms with Crippen LogP contribution in [-0.2, 0) is 0 Å². The largest absolute Gasteiger partial charge is 0.383 e. The maximum Gasteiger partial charge on any atom is 0.137 e. The van der Waals surface area contributed by atoms with Crippen LogP contribution in [0, 0.1) is 5.82 Å². The molecule has 5 heteroatoms. The molecule has 0 unspecified atom stereocenters. The van der Waals surface area contributed by atoms with Crippen LogP contribution >= 0.6 is 15.9 Å². The van der Waals surface area contributed by atoms with Crippen molar-refractivity contribution in [2.75, 3.05) is 5.73 Å². The minimum absolute atomic E-state index is 0.156. The average molecular weight is 242 g/mol. The van der Waals surface area contributed by atoms with Gasteiger partial charge in [-0.3, -0.25) is 0 Å². The standard InChI is InChI=1S/C8H5BrFN3/c9-4-1-2-5(10)6-7(4)12-3-13-8(6)11/h1-3H,(H2,11,12,13). The van der Waals surface area contributed by atoms with Crippen LogP contribution in [0.3, 0.4) is 0 Å². The highest BCUT2D eigenvalue weighted by Gasteiger charge is 2.08. The van der Waals surface area contributed by atoms with Gasteiger partial charge in [-0.2, -0.15) is 0 Å². The highest BCUT2D eigenvalue weighted by Crippen LogP contribution is 2.26. The lowest BCUT2D eigenvalue weighted by Crippen LogP contribution is -1.95. The Morgan fingerprint density at radius 2 is 2.08 bits per heavy atom. The van der Waals surface area contributed by atoms with Gasteiger partial charge < -0.3 is 5.73 Å². The molecule has 3 nitrogen and oxygen atoms in total. The first-order valence-corrected chi connectivity index (χ1v) is 4.33. The zero-order valence-corrected chi connectivity index (χ0v) is 8.05. The molecular weight excluding hydrogens is 237 g/mol. The summed E-state index contributed by atoms with van der Waals surface area (Å²) >= 11 is 3.25. The Morgan fingerprint density at radius 3 is 2.77 bits per heavy atom. The number of rotatable bonds is 0. The highest BCUT2D eigenvalue weighted by atomic mass is 79.9. The molecule has 0 amide bonds. The van der Waals surface area contributed by atoms with Gasteiger partial charge in [0.05, 0.1) is 10.9 Å². The fourth-order valence-electron chi connectivity index (χ4n) is 1.12. The fourth-order valence-corrected chi connectivity index (χ4v) is 1.56. The van der Waals surface area contributed by atoms with Crippen LogP contribution in [0.4, 0.5) is 10.2 Å². The van der Waals surface area contributed by atoms with E-state index >= 15 is 0 Å². The van der Waals surface area contributed by atoms with E-state index in [1.54, 1.807) is 6.07 Å². The molecule has 66 valence electrons. The molecule has 0 spiro atoms. The zero-order chi connectivity index (χ0) is 9.42. The number of halogens is 2. The van der Waals surface area contributed by atoms with E-state index < -0.39 is 5.82 Å². The van der Waals surface area contributed by atoms with Gasteiger partial charge in [-0.05, 0) is 28.1 Å². The molecule has 2 aromatic rings. The molecule has 0 atom stereocenters. The van der Waals surface area contributed by atoms with Crippen molar-refractivity contribution in [1.82, 2.24) is 9.97 Å². The number of benzene rings is 1. The summed E-state index contributed by atoms with van der Waals surface area (Å²) in [6, 6.07) is 2.91. The van der Waals surface area contributed by atoms with Crippen molar-refractivity contribution in [3.05, 3.63) is 28.7 Å². The summed E-state index contributed by atoms with van der Waals surface area (Å²) in [4.78, 5) is 7.64. The van der Waals surface area contributed by atoms with Crippen molar-refractivity contribution in [3.63, 3.8) is 0 Å². The lowest BCUT2D eigenvalue weighted by Gasteiger charge is -2.02. The highest BCUT2D eigenvalue weighted by molar-refractivity contribution is 9.10. The molecular formula is C8H5BrFN3. The smallest absolute Gasteiger partial charge is 0.137 e. The molecule has 0 fully saturated rings. The van der Waals surface area contributed by atoms with Gasteiger partial charge in [0.15, 0.2) is 0 Å². The van der Waals surface area contributed by atoms with E-state index in [1.165, 1.54) is 12.4 Å². The van der Waals surface area contributed by atoms with Crippen molar-refractivity contribution in [1.29, 1.82) is 0 Å². The van der Waals surface area contributed by atoms with Crippen molar-refractivity contribution < 1.29 is 4.39 Å². The van der Waals surface area contributed by atoms with Crippen LogP contribution < -0.4 is 5.73 Å². The number of anilines is 1. The van der Waals surface area contributed by atoms with Crippen molar-refractivity contribution in [3.8, 4) is 0 Å². The summed E-state index contributed by atoms with van der Waals surface area (Å²) in [7, 11) is 0. The van der Waals surface area contributed by atoms with Crippen LogP contribution in [0.25, 0.3) is 10.9 Å². The summed E-state index contributed by atoms with van der Waals surface area (Å²) < 4.78 is 14.0. The van der Waals surface area contributed by atoms with Crippen LogP contribution in [0.2, 0.25) is 0 Å². The molecule has 2 N–H and O–H groups in total. The van der Waals surface area contributed by atoms with Gasteiger partial charge >= 0.3 is 0 Å². The van der Waals surface area contributed by atoms with E-state index in [1.807, 2.05) is 0 Å². The molecule has 13 heavy (non-hydrogen) atoms. The Hall–Kier alpha value is -1.23. The van der Waals surface area contributed by atoms with Crippen molar-refractivity contribution >= 4 is 32.7 Å². The number of aromatic nitrogens is 2. The molecule has 0 aliphatic rings. The van der Waals surface area contributed by atoms with Crippen molar-refractivity contribution in [2.45, 2.75) is 0 Å². The monoisotopic (exact) mass is 241 g/mol. The van der Waals surface area contributed by atoms with Gasteiger partial charge in [-0.25, -0.2) is 14.4 Å². The maximum absolute atomic E-state index is 13.2. The SMILES string of the molecule is Nc1ncnc2c(Br)ccc(F)c12. The van der Waals surface area contributed by atoms with Crippen molar-refractivity contribution in [2.24, 2.45) is 0 Å². The van der Waals surface area contributed by atoms with Gasteiger partial charge in [0.1, 0.15) is 18.0 Å². The van der Waals surface area contributed by atoms with E-state index in [0.29, 0.717) is 9.99 Å². The molecule has 0 radical (unpaired) electrons. The second-order valence-corrected chi connectivity index (χ2v) is 3.37. The summed E-state index contributed by atoms with van der Waals surface area (Å²) in [5, 5.41) is 0.261. The van der Waals surface area contributed by atoms with E-state index in [0.717, 1.165) is 0 Å². The lowest BCUT2D eigenvalue weighted by atomic mass is 10.2. The molecule has 1 heterocycles. The quantitative estimate of drug-likeness (QED) is 0.769. The first-order chi connectivity index (χ1) is 6.20. The van der Waals surface area contributed by atoms with Gasteiger partial charge in [-0.15, -0.1) is 0 Å². The number of hydrogen-bond acceptors (Lipinski definition) is 3. The molecule has 2 rings (SSSR count). The summed E-state index contributed by atoms with van der Waals surface area (Å²) in [5.41, 5.74) is 6.01.